The molecule has 3 rings (SSSR count). The van der Waals surface area contributed by atoms with E-state index in [9.17, 15) is 4.79 Å². The zero-order valence-corrected chi connectivity index (χ0v) is 16.2. The van der Waals surface area contributed by atoms with E-state index in [-0.39, 0.29) is 24.2 Å². The largest absolute Gasteiger partial charge is 0.351 e. The van der Waals surface area contributed by atoms with E-state index in [0.717, 1.165) is 22.5 Å². The Morgan fingerprint density at radius 1 is 1.15 bits per heavy atom. The predicted molar refractivity (Wildman–Crippen MR) is 109 cm³/mol. The van der Waals surface area contributed by atoms with Crippen LogP contribution in [-0.4, -0.2) is 26.7 Å². The highest BCUT2D eigenvalue weighted by atomic mass is 35.5. The lowest BCUT2D eigenvalue weighted by atomic mass is 10.0. The predicted octanol–water partition coefficient (Wildman–Crippen LogP) is 2.96. The molecule has 0 bridgehead atoms. The molecule has 0 unspecified atom stereocenters. The van der Waals surface area contributed by atoms with Gasteiger partial charge in [0.05, 0.1) is 17.4 Å². The minimum Gasteiger partial charge on any atom is -0.351 e. The second-order valence-corrected chi connectivity index (χ2v) is 6.51. The van der Waals surface area contributed by atoms with Gasteiger partial charge in [0.2, 0.25) is 5.91 Å². The molecule has 0 aliphatic rings. The van der Waals surface area contributed by atoms with Crippen molar-refractivity contribution >= 4 is 18.3 Å². The molecular weight excluding hydrogens is 362 g/mol. The van der Waals surface area contributed by atoms with Gasteiger partial charge in [0.15, 0.2) is 0 Å². The standard InChI is InChI=1S/C20H23N5O.ClH/c1-14(2)18(21)20(26)23-12-16-13-25(17-6-4-3-5-7-17)24-19(16)15-8-10-22-11-9-15;/h3-11,13-14,18H,12,21H2,1-2H3,(H,23,26);1H/t18-;/m0./s1. The van der Waals surface area contributed by atoms with Crippen LogP contribution in [0.25, 0.3) is 16.9 Å². The normalized spacial score (nSPS) is 11.7. The second kappa shape index (κ2) is 9.30. The summed E-state index contributed by atoms with van der Waals surface area (Å²) in [5.41, 5.74) is 9.57. The molecule has 0 radical (unpaired) electrons. The number of amides is 1. The number of carbonyl (C=O) groups is 1. The first-order valence-electron chi connectivity index (χ1n) is 8.64. The van der Waals surface area contributed by atoms with Gasteiger partial charge in [-0.25, -0.2) is 4.68 Å². The fraction of sp³-hybridized carbons (Fsp3) is 0.250. The van der Waals surface area contributed by atoms with E-state index in [1.54, 1.807) is 12.4 Å². The highest BCUT2D eigenvalue weighted by Crippen LogP contribution is 2.23. The number of nitrogens with two attached hydrogens (primary N) is 1. The topological polar surface area (TPSA) is 85.8 Å². The third-order valence-corrected chi connectivity index (χ3v) is 4.24. The molecule has 2 aromatic heterocycles. The number of benzene rings is 1. The Bertz CT molecular complexity index is 865. The lowest BCUT2D eigenvalue weighted by Gasteiger charge is -2.15. The number of rotatable bonds is 6. The summed E-state index contributed by atoms with van der Waals surface area (Å²) in [6.07, 6.45) is 5.40. The average Bonchev–Trinajstić information content (AvgIpc) is 3.11. The fourth-order valence-corrected chi connectivity index (χ4v) is 2.61. The summed E-state index contributed by atoms with van der Waals surface area (Å²) in [4.78, 5) is 16.3. The first-order chi connectivity index (χ1) is 12.6. The minimum absolute atomic E-state index is 0. The lowest BCUT2D eigenvalue weighted by Crippen LogP contribution is -2.43. The van der Waals surface area contributed by atoms with Crippen LogP contribution in [0.2, 0.25) is 0 Å². The number of carbonyl (C=O) groups excluding carboxylic acids is 1. The fourth-order valence-electron chi connectivity index (χ4n) is 2.61. The molecule has 0 aliphatic heterocycles. The molecule has 7 heteroatoms. The summed E-state index contributed by atoms with van der Waals surface area (Å²) >= 11 is 0. The number of nitrogens with one attached hydrogen (secondary N) is 1. The van der Waals surface area contributed by atoms with Crippen LogP contribution >= 0.6 is 12.4 Å². The minimum atomic E-state index is -0.524. The van der Waals surface area contributed by atoms with Crippen molar-refractivity contribution in [2.75, 3.05) is 0 Å². The SMILES string of the molecule is CC(C)[C@H](N)C(=O)NCc1cn(-c2ccccc2)nc1-c1ccncc1.Cl. The molecule has 0 saturated heterocycles. The molecule has 27 heavy (non-hydrogen) atoms. The van der Waals surface area contributed by atoms with Crippen LogP contribution in [0.3, 0.4) is 0 Å². The van der Waals surface area contributed by atoms with E-state index in [0.29, 0.717) is 6.54 Å². The maximum atomic E-state index is 12.2. The first kappa shape index (κ1) is 20.6. The van der Waals surface area contributed by atoms with Crippen LogP contribution in [0, 0.1) is 5.92 Å². The summed E-state index contributed by atoms with van der Waals surface area (Å²) in [7, 11) is 0. The maximum absolute atomic E-state index is 12.2. The molecule has 1 amide bonds. The van der Waals surface area contributed by atoms with E-state index in [4.69, 9.17) is 10.8 Å². The van der Waals surface area contributed by atoms with Crippen LogP contribution in [0.4, 0.5) is 0 Å². The molecule has 142 valence electrons. The van der Waals surface area contributed by atoms with Crippen LogP contribution in [0.5, 0.6) is 0 Å². The molecule has 2 heterocycles. The zero-order valence-electron chi connectivity index (χ0n) is 15.4. The molecule has 3 aromatic rings. The second-order valence-electron chi connectivity index (χ2n) is 6.51. The van der Waals surface area contributed by atoms with E-state index in [1.807, 2.05) is 67.2 Å². The van der Waals surface area contributed by atoms with Crippen molar-refractivity contribution in [1.82, 2.24) is 20.1 Å². The van der Waals surface area contributed by atoms with E-state index >= 15 is 0 Å². The lowest BCUT2D eigenvalue weighted by molar-refractivity contribution is -0.123. The van der Waals surface area contributed by atoms with Crippen LogP contribution in [0.1, 0.15) is 19.4 Å². The van der Waals surface area contributed by atoms with Crippen LogP contribution in [0.15, 0.2) is 61.1 Å². The summed E-state index contributed by atoms with van der Waals surface area (Å²) in [6, 6.07) is 13.2. The molecule has 0 spiro atoms. The van der Waals surface area contributed by atoms with E-state index < -0.39 is 6.04 Å². The number of para-hydroxylation sites is 1. The number of halogens is 1. The van der Waals surface area contributed by atoms with Gasteiger partial charge < -0.3 is 11.1 Å². The van der Waals surface area contributed by atoms with Crippen molar-refractivity contribution in [2.24, 2.45) is 11.7 Å². The van der Waals surface area contributed by atoms with Crippen LogP contribution in [-0.2, 0) is 11.3 Å². The summed E-state index contributed by atoms with van der Waals surface area (Å²) < 4.78 is 1.82. The summed E-state index contributed by atoms with van der Waals surface area (Å²) in [6.45, 7) is 4.23. The Labute approximate surface area is 165 Å². The zero-order chi connectivity index (χ0) is 18.5. The number of hydrogen-bond donors (Lipinski definition) is 2. The van der Waals surface area contributed by atoms with Gasteiger partial charge in [-0.15, -0.1) is 12.4 Å². The Balaban J connectivity index is 0.00000261. The van der Waals surface area contributed by atoms with Gasteiger partial charge in [-0.05, 0) is 30.2 Å². The molecule has 3 N–H and O–H groups in total. The molecule has 0 saturated carbocycles. The third-order valence-electron chi connectivity index (χ3n) is 4.24. The Hall–Kier alpha value is -2.70. The molecule has 6 nitrogen and oxygen atoms in total. The van der Waals surface area contributed by atoms with Gasteiger partial charge in [-0.1, -0.05) is 32.0 Å². The third kappa shape index (κ3) is 4.93. The molecule has 0 aliphatic carbocycles. The van der Waals surface area contributed by atoms with Gasteiger partial charge in [-0.2, -0.15) is 5.10 Å². The smallest absolute Gasteiger partial charge is 0.237 e. The Morgan fingerprint density at radius 3 is 2.44 bits per heavy atom. The highest BCUT2D eigenvalue weighted by molar-refractivity contribution is 5.85. The number of pyridine rings is 1. The van der Waals surface area contributed by atoms with Crippen molar-refractivity contribution in [3.63, 3.8) is 0 Å². The Kier molecular flexibility index (Phi) is 7.10. The Morgan fingerprint density at radius 2 is 1.81 bits per heavy atom. The quantitative estimate of drug-likeness (QED) is 0.683. The monoisotopic (exact) mass is 385 g/mol. The van der Waals surface area contributed by atoms with E-state index in [2.05, 4.69) is 10.3 Å². The summed E-state index contributed by atoms with van der Waals surface area (Å²) in [5.74, 6) is -0.0742. The highest BCUT2D eigenvalue weighted by Gasteiger charge is 2.18. The van der Waals surface area contributed by atoms with Gasteiger partial charge in [-0.3, -0.25) is 9.78 Å². The number of nitrogens with zero attached hydrogens (tertiary/aromatic N) is 3. The molecule has 0 fully saturated rings. The van der Waals surface area contributed by atoms with Gasteiger partial charge in [0.1, 0.15) is 0 Å². The maximum Gasteiger partial charge on any atom is 0.237 e. The van der Waals surface area contributed by atoms with Crippen molar-refractivity contribution in [3.05, 3.63) is 66.6 Å². The number of hydrogen-bond acceptors (Lipinski definition) is 4. The van der Waals surface area contributed by atoms with Crippen molar-refractivity contribution in [2.45, 2.75) is 26.4 Å². The van der Waals surface area contributed by atoms with E-state index in [1.165, 1.54) is 0 Å². The molecular formula is C20H24ClN5O. The average molecular weight is 386 g/mol. The van der Waals surface area contributed by atoms with Gasteiger partial charge in [0, 0.05) is 36.3 Å². The van der Waals surface area contributed by atoms with Crippen molar-refractivity contribution in [3.8, 4) is 16.9 Å². The molecule has 1 atom stereocenters. The van der Waals surface area contributed by atoms with Crippen molar-refractivity contribution < 1.29 is 4.79 Å². The van der Waals surface area contributed by atoms with Gasteiger partial charge in [0.25, 0.3) is 0 Å². The first-order valence-corrected chi connectivity index (χ1v) is 8.64. The van der Waals surface area contributed by atoms with Gasteiger partial charge >= 0.3 is 0 Å². The number of aromatic nitrogens is 3. The molecule has 1 aromatic carbocycles. The van der Waals surface area contributed by atoms with Crippen LogP contribution < -0.4 is 11.1 Å². The summed E-state index contributed by atoms with van der Waals surface area (Å²) in [5, 5.41) is 7.64. The van der Waals surface area contributed by atoms with Crippen molar-refractivity contribution in [1.29, 1.82) is 0 Å².